The molecule has 18 heavy (non-hydrogen) atoms. The molecule has 94 valence electrons. The van der Waals surface area contributed by atoms with Crippen LogP contribution in [0.25, 0.3) is 10.9 Å². The van der Waals surface area contributed by atoms with E-state index in [9.17, 15) is 5.11 Å². The van der Waals surface area contributed by atoms with Crippen LogP contribution >= 0.6 is 15.9 Å². The average Bonchev–Trinajstić information content (AvgIpc) is 2.40. The number of pyridine rings is 1. The van der Waals surface area contributed by atoms with E-state index in [0.29, 0.717) is 11.7 Å². The zero-order valence-electron chi connectivity index (χ0n) is 9.90. The molecular formula is C14H14BrNO2. The van der Waals surface area contributed by atoms with Gasteiger partial charge in [0.05, 0.1) is 11.2 Å². The predicted octanol–water partition coefficient (Wildman–Crippen LogP) is 3.60. The van der Waals surface area contributed by atoms with Gasteiger partial charge in [-0.1, -0.05) is 22.0 Å². The van der Waals surface area contributed by atoms with E-state index in [4.69, 9.17) is 4.74 Å². The fraction of sp³-hybridized carbons (Fsp3) is 0.357. The Hall–Kier alpha value is -1.13. The minimum atomic E-state index is 0.293. The SMILES string of the molecule is Oc1cc2c(Br)cccc2nc1C1CCOCC1. The van der Waals surface area contributed by atoms with Gasteiger partial charge in [0.15, 0.2) is 0 Å². The van der Waals surface area contributed by atoms with Crippen LogP contribution in [0.3, 0.4) is 0 Å². The van der Waals surface area contributed by atoms with Gasteiger partial charge >= 0.3 is 0 Å². The molecule has 0 aliphatic carbocycles. The molecule has 3 nitrogen and oxygen atoms in total. The van der Waals surface area contributed by atoms with Crippen LogP contribution in [0.4, 0.5) is 0 Å². The van der Waals surface area contributed by atoms with E-state index in [-0.39, 0.29) is 0 Å². The number of fused-ring (bicyclic) bond motifs is 1. The molecule has 2 heterocycles. The number of hydrogen-bond donors (Lipinski definition) is 1. The van der Waals surface area contributed by atoms with E-state index in [1.807, 2.05) is 18.2 Å². The van der Waals surface area contributed by atoms with Crippen LogP contribution in [0.15, 0.2) is 28.7 Å². The molecule has 1 aliphatic rings. The smallest absolute Gasteiger partial charge is 0.138 e. The van der Waals surface area contributed by atoms with Crippen molar-refractivity contribution in [3.63, 3.8) is 0 Å². The summed E-state index contributed by atoms with van der Waals surface area (Å²) in [5, 5.41) is 11.1. The van der Waals surface area contributed by atoms with Gasteiger partial charge in [-0.05, 0) is 31.0 Å². The third-order valence-corrected chi connectivity index (χ3v) is 4.11. The van der Waals surface area contributed by atoms with Crippen molar-refractivity contribution in [2.45, 2.75) is 18.8 Å². The summed E-state index contributed by atoms with van der Waals surface area (Å²) in [5.74, 6) is 0.600. The Morgan fingerprint density at radius 2 is 2.06 bits per heavy atom. The van der Waals surface area contributed by atoms with Gasteiger partial charge in [0, 0.05) is 29.0 Å². The molecule has 1 aromatic heterocycles. The molecule has 0 spiro atoms. The molecule has 0 amide bonds. The van der Waals surface area contributed by atoms with Crippen molar-refractivity contribution in [1.29, 1.82) is 0 Å². The molecule has 0 atom stereocenters. The zero-order valence-corrected chi connectivity index (χ0v) is 11.5. The summed E-state index contributed by atoms with van der Waals surface area (Å²) in [4.78, 5) is 4.62. The Morgan fingerprint density at radius 1 is 1.28 bits per heavy atom. The molecule has 1 fully saturated rings. The van der Waals surface area contributed by atoms with E-state index >= 15 is 0 Å². The molecule has 3 rings (SSSR count). The van der Waals surface area contributed by atoms with Gasteiger partial charge in [0.1, 0.15) is 5.75 Å². The first kappa shape index (κ1) is 11.9. The molecule has 4 heteroatoms. The fourth-order valence-corrected chi connectivity index (χ4v) is 2.91. The molecule has 2 aromatic rings. The highest BCUT2D eigenvalue weighted by Gasteiger charge is 2.21. The summed E-state index contributed by atoms with van der Waals surface area (Å²) in [7, 11) is 0. The molecule has 0 radical (unpaired) electrons. The average molecular weight is 308 g/mol. The van der Waals surface area contributed by atoms with Crippen LogP contribution in [0.2, 0.25) is 0 Å². The topological polar surface area (TPSA) is 42.4 Å². The summed E-state index contributed by atoms with van der Waals surface area (Å²) in [6, 6.07) is 7.70. The number of nitrogens with zero attached hydrogens (tertiary/aromatic N) is 1. The van der Waals surface area contributed by atoms with E-state index in [2.05, 4.69) is 20.9 Å². The van der Waals surface area contributed by atoms with Gasteiger partial charge in [-0.25, -0.2) is 4.98 Å². The second-order valence-electron chi connectivity index (χ2n) is 4.59. The van der Waals surface area contributed by atoms with Crippen LogP contribution in [0.1, 0.15) is 24.5 Å². The molecule has 1 saturated heterocycles. The number of ether oxygens (including phenoxy) is 1. The van der Waals surface area contributed by atoms with Crippen molar-refractivity contribution in [3.05, 3.63) is 34.4 Å². The largest absolute Gasteiger partial charge is 0.506 e. The molecular weight excluding hydrogens is 294 g/mol. The lowest BCUT2D eigenvalue weighted by atomic mass is 9.95. The van der Waals surface area contributed by atoms with Gasteiger partial charge in [-0.3, -0.25) is 0 Å². The Balaban J connectivity index is 2.09. The van der Waals surface area contributed by atoms with E-state index in [0.717, 1.165) is 47.1 Å². The maximum absolute atomic E-state index is 10.2. The maximum Gasteiger partial charge on any atom is 0.138 e. The molecule has 1 aliphatic heterocycles. The first-order valence-electron chi connectivity index (χ1n) is 6.11. The molecule has 1 N–H and O–H groups in total. The number of aromatic hydroxyl groups is 1. The van der Waals surface area contributed by atoms with Crippen molar-refractivity contribution >= 4 is 26.8 Å². The molecule has 0 saturated carbocycles. The minimum absolute atomic E-state index is 0.293. The molecule has 0 unspecified atom stereocenters. The number of rotatable bonds is 1. The number of benzene rings is 1. The highest BCUT2D eigenvalue weighted by molar-refractivity contribution is 9.10. The van der Waals surface area contributed by atoms with E-state index < -0.39 is 0 Å². The van der Waals surface area contributed by atoms with Crippen molar-refractivity contribution in [2.75, 3.05) is 13.2 Å². The first-order chi connectivity index (χ1) is 8.75. The van der Waals surface area contributed by atoms with Crippen molar-refractivity contribution in [3.8, 4) is 5.75 Å². The van der Waals surface area contributed by atoms with Crippen molar-refractivity contribution in [1.82, 2.24) is 4.98 Å². The van der Waals surface area contributed by atoms with Gasteiger partial charge in [-0.15, -0.1) is 0 Å². The monoisotopic (exact) mass is 307 g/mol. The van der Waals surface area contributed by atoms with Crippen molar-refractivity contribution < 1.29 is 9.84 Å². The molecule has 0 bridgehead atoms. The van der Waals surface area contributed by atoms with Crippen LogP contribution in [-0.2, 0) is 4.74 Å². The van der Waals surface area contributed by atoms with Gasteiger partial charge in [0.2, 0.25) is 0 Å². The minimum Gasteiger partial charge on any atom is -0.506 e. The lowest BCUT2D eigenvalue weighted by molar-refractivity contribution is 0.0840. The molecule has 1 aromatic carbocycles. The second kappa shape index (κ2) is 4.86. The summed E-state index contributed by atoms with van der Waals surface area (Å²) < 4.78 is 6.31. The second-order valence-corrected chi connectivity index (χ2v) is 5.44. The summed E-state index contributed by atoms with van der Waals surface area (Å²) in [6.45, 7) is 1.50. The van der Waals surface area contributed by atoms with Crippen molar-refractivity contribution in [2.24, 2.45) is 0 Å². The standard InChI is InChI=1S/C14H14BrNO2/c15-11-2-1-3-12-10(11)8-13(17)14(16-12)9-4-6-18-7-5-9/h1-3,8-9,17H,4-7H2. The lowest BCUT2D eigenvalue weighted by Crippen LogP contribution is -2.15. The number of aromatic nitrogens is 1. The summed E-state index contributed by atoms with van der Waals surface area (Å²) >= 11 is 3.48. The highest BCUT2D eigenvalue weighted by atomic mass is 79.9. The third-order valence-electron chi connectivity index (χ3n) is 3.42. The van der Waals surface area contributed by atoms with Crippen LogP contribution < -0.4 is 0 Å². The highest BCUT2D eigenvalue weighted by Crippen LogP contribution is 2.35. The van der Waals surface area contributed by atoms with Crippen LogP contribution in [0, 0.1) is 0 Å². The zero-order chi connectivity index (χ0) is 12.5. The fourth-order valence-electron chi connectivity index (χ4n) is 2.44. The lowest BCUT2D eigenvalue weighted by Gasteiger charge is -2.22. The Labute approximate surface area is 114 Å². The Morgan fingerprint density at radius 3 is 2.83 bits per heavy atom. The number of hydrogen-bond acceptors (Lipinski definition) is 3. The van der Waals surface area contributed by atoms with Gasteiger partial charge in [-0.2, -0.15) is 0 Å². The quantitative estimate of drug-likeness (QED) is 0.875. The summed E-state index contributed by atoms with van der Waals surface area (Å²) in [6.07, 6.45) is 1.86. The normalized spacial score (nSPS) is 17.2. The third kappa shape index (κ3) is 2.10. The summed E-state index contributed by atoms with van der Waals surface area (Å²) in [5.41, 5.74) is 1.73. The van der Waals surface area contributed by atoms with Crippen LogP contribution in [-0.4, -0.2) is 23.3 Å². The predicted molar refractivity (Wildman–Crippen MR) is 73.9 cm³/mol. The Bertz CT molecular complexity index is 579. The van der Waals surface area contributed by atoms with E-state index in [1.54, 1.807) is 6.07 Å². The maximum atomic E-state index is 10.2. The van der Waals surface area contributed by atoms with E-state index in [1.165, 1.54) is 0 Å². The first-order valence-corrected chi connectivity index (χ1v) is 6.91. The number of halogens is 1. The van der Waals surface area contributed by atoms with Gasteiger partial charge in [0.25, 0.3) is 0 Å². The van der Waals surface area contributed by atoms with Gasteiger partial charge < -0.3 is 9.84 Å². The van der Waals surface area contributed by atoms with Crippen LogP contribution in [0.5, 0.6) is 5.75 Å². The Kier molecular flexibility index (Phi) is 3.22.